The summed E-state index contributed by atoms with van der Waals surface area (Å²) in [4.78, 5) is 13.3. The topological polar surface area (TPSA) is 67.6 Å². The average Bonchev–Trinajstić information content (AvgIpc) is 3.33. The first-order chi connectivity index (χ1) is 10.2. The normalized spacial score (nSPS) is 19.2. The molecule has 0 unspecified atom stereocenters. The highest BCUT2D eigenvalue weighted by Crippen LogP contribution is 2.46. The lowest BCUT2D eigenvalue weighted by Gasteiger charge is -2.35. The van der Waals surface area contributed by atoms with Crippen LogP contribution in [0.4, 0.5) is 5.69 Å². The van der Waals surface area contributed by atoms with E-state index >= 15 is 0 Å². The lowest BCUT2D eigenvalue weighted by Crippen LogP contribution is -2.45. The molecule has 1 saturated carbocycles. The molecule has 1 heterocycles. The molecule has 0 radical (unpaired) electrons. The van der Waals surface area contributed by atoms with Crippen LogP contribution in [-0.4, -0.2) is 43.1 Å². The van der Waals surface area contributed by atoms with E-state index in [1.54, 1.807) is 12.1 Å². The number of rotatable bonds is 5. The summed E-state index contributed by atoms with van der Waals surface area (Å²) in [7, 11) is 1.47. The third kappa shape index (κ3) is 4.47. The van der Waals surface area contributed by atoms with Gasteiger partial charge >= 0.3 is 5.69 Å². The Kier molecular flexibility index (Phi) is 7.54. The van der Waals surface area contributed by atoms with E-state index in [-0.39, 0.29) is 35.4 Å². The largest absolute Gasteiger partial charge is 0.490 e. The third-order valence-corrected chi connectivity index (χ3v) is 4.35. The van der Waals surface area contributed by atoms with Crippen LogP contribution in [0.25, 0.3) is 0 Å². The van der Waals surface area contributed by atoms with E-state index in [4.69, 9.17) is 4.74 Å². The number of hydrogen-bond donors (Lipinski definition) is 1. The van der Waals surface area contributed by atoms with Gasteiger partial charge < -0.3 is 10.1 Å². The van der Waals surface area contributed by atoms with Crippen molar-refractivity contribution in [3.8, 4) is 5.75 Å². The molecule has 0 bridgehead atoms. The fraction of sp³-hybridized carbons (Fsp3) is 0.600. The van der Waals surface area contributed by atoms with Gasteiger partial charge in [-0.3, -0.25) is 15.0 Å². The average molecular weight is 364 g/mol. The van der Waals surface area contributed by atoms with E-state index in [9.17, 15) is 10.1 Å². The van der Waals surface area contributed by atoms with Crippen LogP contribution in [0.5, 0.6) is 5.75 Å². The molecule has 23 heavy (non-hydrogen) atoms. The molecule has 1 atom stereocenters. The van der Waals surface area contributed by atoms with Crippen LogP contribution >= 0.6 is 24.8 Å². The van der Waals surface area contributed by atoms with Crippen LogP contribution in [0, 0.1) is 16.0 Å². The molecule has 0 spiro atoms. The fourth-order valence-corrected chi connectivity index (χ4v) is 3.19. The van der Waals surface area contributed by atoms with Crippen molar-refractivity contribution in [2.75, 3.05) is 33.3 Å². The highest BCUT2D eigenvalue weighted by Gasteiger charge is 2.37. The Hall–Kier alpha value is -1.08. The molecule has 1 aromatic rings. The number of nitrogens with zero attached hydrogens (tertiary/aromatic N) is 2. The number of hydrogen-bond acceptors (Lipinski definition) is 5. The molecule has 6 nitrogen and oxygen atoms in total. The minimum absolute atomic E-state index is 0. The first-order valence-electron chi connectivity index (χ1n) is 7.48. The van der Waals surface area contributed by atoms with Crippen molar-refractivity contribution in [2.24, 2.45) is 5.92 Å². The maximum Gasteiger partial charge on any atom is 0.311 e. The predicted molar refractivity (Wildman–Crippen MR) is 94.1 cm³/mol. The number of benzene rings is 1. The quantitative estimate of drug-likeness (QED) is 0.643. The number of ether oxygens (including phenoxy) is 1. The van der Waals surface area contributed by atoms with E-state index in [2.05, 4.69) is 10.2 Å². The molecule has 2 fully saturated rings. The van der Waals surface area contributed by atoms with Crippen molar-refractivity contribution in [1.82, 2.24) is 10.2 Å². The second kappa shape index (κ2) is 8.68. The maximum absolute atomic E-state index is 11.2. The Labute approximate surface area is 148 Å². The number of piperazine rings is 1. The molecule has 0 aromatic heterocycles. The number of nitrogens with one attached hydrogen (secondary N) is 1. The fourth-order valence-electron chi connectivity index (χ4n) is 3.19. The number of halogens is 2. The molecule has 1 N–H and O–H groups in total. The summed E-state index contributed by atoms with van der Waals surface area (Å²) < 4.78 is 5.10. The molecule has 1 aliphatic heterocycles. The van der Waals surface area contributed by atoms with Gasteiger partial charge in [0.25, 0.3) is 0 Å². The Morgan fingerprint density at radius 3 is 2.48 bits per heavy atom. The van der Waals surface area contributed by atoms with E-state index in [0.717, 1.165) is 31.7 Å². The van der Waals surface area contributed by atoms with Crippen molar-refractivity contribution in [3.63, 3.8) is 0 Å². The van der Waals surface area contributed by atoms with E-state index in [0.29, 0.717) is 17.7 Å². The van der Waals surface area contributed by atoms with Crippen molar-refractivity contribution in [2.45, 2.75) is 18.9 Å². The molecule has 130 valence electrons. The molecular weight excluding hydrogens is 341 g/mol. The van der Waals surface area contributed by atoms with Crippen LogP contribution in [-0.2, 0) is 0 Å². The first kappa shape index (κ1) is 20.0. The van der Waals surface area contributed by atoms with Gasteiger partial charge in [0.1, 0.15) is 0 Å². The van der Waals surface area contributed by atoms with Crippen molar-refractivity contribution >= 4 is 30.5 Å². The second-order valence-corrected chi connectivity index (χ2v) is 5.76. The van der Waals surface area contributed by atoms with Crippen molar-refractivity contribution < 1.29 is 9.66 Å². The number of nitro groups is 1. The monoisotopic (exact) mass is 363 g/mol. The summed E-state index contributed by atoms with van der Waals surface area (Å²) in [6.45, 7) is 3.98. The number of nitro benzene ring substituents is 1. The maximum atomic E-state index is 11.2. The molecule has 1 aliphatic carbocycles. The molecule has 1 saturated heterocycles. The molecule has 3 rings (SSSR count). The van der Waals surface area contributed by atoms with Gasteiger partial charge in [-0.1, -0.05) is 6.07 Å². The van der Waals surface area contributed by atoms with Gasteiger partial charge in [-0.05, 0) is 30.4 Å². The summed E-state index contributed by atoms with van der Waals surface area (Å²) in [5.41, 5.74) is 1.11. The van der Waals surface area contributed by atoms with Gasteiger partial charge in [0.2, 0.25) is 0 Å². The molecule has 8 heteroatoms. The Morgan fingerprint density at radius 1 is 1.30 bits per heavy atom. The van der Waals surface area contributed by atoms with Gasteiger partial charge in [0, 0.05) is 38.3 Å². The van der Waals surface area contributed by atoms with Crippen molar-refractivity contribution in [3.05, 3.63) is 33.9 Å². The van der Waals surface area contributed by atoms with E-state index < -0.39 is 0 Å². The highest BCUT2D eigenvalue weighted by atomic mass is 35.5. The summed E-state index contributed by atoms with van der Waals surface area (Å²) in [6, 6.07) is 5.71. The Balaban J connectivity index is 0.00000132. The van der Waals surface area contributed by atoms with Crippen LogP contribution in [0.1, 0.15) is 24.4 Å². The van der Waals surface area contributed by atoms with Crippen LogP contribution < -0.4 is 10.1 Å². The molecule has 1 aromatic carbocycles. The molecular formula is C15H23Cl2N3O3. The lowest BCUT2D eigenvalue weighted by atomic mass is 9.99. The van der Waals surface area contributed by atoms with Gasteiger partial charge in [-0.25, -0.2) is 0 Å². The number of methoxy groups -OCH3 is 1. The summed E-state index contributed by atoms with van der Waals surface area (Å²) in [5.74, 6) is 0.967. The lowest BCUT2D eigenvalue weighted by molar-refractivity contribution is -0.385. The summed E-state index contributed by atoms with van der Waals surface area (Å²) in [6.07, 6.45) is 2.43. The molecule has 0 amide bonds. The summed E-state index contributed by atoms with van der Waals surface area (Å²) in [5, 5.41) is 14.6. The predicted octanol–water partition coefficient (Wildman–Crippen LogP) is 2.80. The third-order valence-electron chi connectivity index (χ3n) is 4.35. The standard InChI is InChI=1S/C15H21N3O3.2ClH/c1-21-14-5-4-12(10-13(14)18(19)20)15(11-2-3-11)17-8-6-16-7-9-17;;/h4-5,10-11,15-16H,2-3,6-9H2,1H3;2*1H/t15-;;/m0../s1. The highest BCUT2D eigenvalue weighted by molar-refractivity contribution is 5.85. The zero-order valence-electron chi connectivity index (χ0n) is 13.1. The van der Waals surface area contributed by atoms with Gasteiger partial charge in [-0.2, -0.15) is 0 Å². The zero-order valence-corrected chi connectivity index (χ0v) is 14.7. The van der Waals surface area contributed by atoms with E-state index in [1.165, 1.54) is 20.0 Å². The minimum atomic E-state index is -0.357. The zero-order chi connectivity index (χ0) is 14.8. The SMILES string of the molecule is COc1ccc([C@H](C2CC2)N2CCNCC2)cc1[N+](=O)[O-].Cl.Cl. The Bertz CT molecular complexity index is 535. The van der Waals surface area contributed by atoms with Crippen LogP contribution in [0.15, 0.2) is 18.2 Å². The first-order valence-corrected chi connectivity index (χ1v) is 7.48. The smallest absolute Gasteiger partial charge is 0.311 e. The van der Waals surface area contributed by atoms with Gasteiger partial charge in [-0.15, -0.1) is 24.8 Å². The molecule has 2 aliphatic rings. The van der Waals surface area contributed by atoms with Crippen molar-refractivity contribution in [1.29, 1.82) is 0 Å². The van der Waals surface area contributed by atoms with Gasteiger partial charge in [0.15, 0.2) is 5.75 Å². The van der Waals surface area contributed by atoms with Crippen LogP contribution in [0.2, 0.25) is 0 Å². The summed E-state index contributed by atoms with van der Waals surface area (Å²) >= 11 is 0. The van der Waals surface area contributed by atoms with Gasteiger partial charge in [0.05, 0.1) is 12.0 Å². The van der Waals surface area contributed by atoms with Crippen LogP contribution in [0.3, 0.4) is 0 Å². The second-order valence-electron chi connectivity index (χ2n) is 5.76. The van der Waals surface area contributed by atoms with E-state index in [1.807, 2.05) is 6.07 Å². The minimum Gasteiger partial charge on any atom is -0.490 e. The Morgan fingerprint density at radius 2 is 1.96 bits per heavy atom.